The van der Waals surface area contributed by atoms with Crippen LogP contribution in [-0.2, 0) is 24.5 Å². The average Bonchev–Trinajstić information content (AvgIpc) is 3.97. The van der Waals surface area contributed by atoms with Crippen molar-refractivity contribution in [2.45, 2.75) is 42.6 Å². The number of fused-ring (bicyclic) bond motifs is 4. The van der Waals surface area contributed by atoms with E-state index >= 15 is 14.4 Å². The Hall–Kier alpha value is -7.19. The number of aromatic nitrogens is 1. The van der Waals surface area contributed by atoms with Crippen molar-refractivity contribution in [1.82, 2.24) is 15.2 Å². The first-order valence-corrected chi connectivity index (χ1v) is 22.0. The number of urea groups is 1. The summed E-state index contributed by atoms with van der Waals surface area (Å²) in [7, 11) is 0. The second-order valence-electron chi connectivity index (χ2n) is 16.1. The van der Waals surface area contributed by atoms with Crippen molar-refractivity contribution >= 4 is 56.2 Å². The molecule has 12 nitrogen and oxygen atoms in total. The summed E-state index contributed by atoms with van der Waals surface area (Å²) in [6.07, 6.45) is -0.872. The van der Waals surface area contributed by atoms with Gasteiger partial charge in [-0.1, -0.05) is 145 Å². The first kappa shape index (κ1) is 40.9. The number of cyclic esters (lactones) is 1. The number of rotatable bonds is 10. The minimum Gasteiger partial charge on any atom is -0.491 e. The number of esters is 1. The highest BCUT2D eigenvalue weighted by Crippen LogP contribution is 2.66. The zero-order chi connectivity index (χ0) is 44.0. The van der Waals surface area contributed by atoms with E-state index < -0.39 is 65.4 Å². The fourth-order valence-electron chi connectivity index (χ4n) is 9.96. The summed E-state index contributed by atoms with van der Waals surface area (Å²) in [5.74, 6) is -3.00. The van der Waals surface area contributed by atoms with E-state index in [4.69, 9.17) is 14.5 Å². The molecule has 4 heterocycles. The van der Waals surface area contributed by atoms with Gasteiger partial charge in [-0.3, -0.25) is 19.3 Å². The number of para-hydroxylation sites is 2. The normalized spacial score (nSPS) is 23.0. The molecule has 0 saturated carbocycles. The quantitative estimate of drug-likeness (QED) is 0.115. The predicted molar refractivity (Wildman–Crippen MR) is 243 cm³/mol. The van der Waals surface area contributed by atoms with Gasteiger partial charge in [-0.15, -0.1) is 0 Å². The predicted octanol–water partition coefficient (Wildman–Crippen LogP) is 8.44. The van der Waals surface area contributed by atoms with E-state index in [2.05, 4.69) is 10.6 Å². The molecule has 4 amide bonds. The van der Waals surface area contributed by atoms with Gasteiger partial charge in [-0.25, -0.2) is 14.7 Å². The molecular weight excluding hydrogens is 827 g/mol. The number of amides is 4. The monoisotopic (exact) mass is 869 g/mol. The number of aliphatic hydroxyl groups is 1. The number of imide groups is 1. The first-order chi connectivity index (χ1) is 31.3. The van der Waals surface area contributed by atoms with E-state index in [0.29, 0.717) is 28.1 Å². The number of carbonyl (C=O) groups is 4. The lowest BCUT2D eigenvalue weighted by molar-refractivity contribution is -0.177. The maximum Gasteiger partial charge on any atom is 0.329 e. The van der Waals surface area contributed by atoms with E-state index in [1.807, 2.05) is 139 Å². The number of ether oxygens (including phenoxy) is 2. The standard InChI is InChI=1S/C51H43N5O7S/c1-31(32-15-5-2-6-16-32)52-50(61)55-39-23-13-11-21-37(39)51(48(55)60)41(46(58)54-49-53-38-22-12-14-24-40(38)64-49)43-47(59)63-44(34-19-9-4-10-20-34)42(33-17-7-3-8-18-33)56(43)45(51)35-25-27-36(28-26-35)62-30-29-57/h2-28,31,41-45,57H,29-30H2,1H3,(H,52,61)(H,53,54,58)/t31-,41+,42+,43+,44-,45-,51+/m1/s1. The Morgan fingerprint density at radius 3 is 2.12 bits per heavy atom. The molecule has 2 saturated heterocycles. The maximum absolute atomic E-state index is 16.3. The van der Waals surface area contributed by atoms with E-state index in [0.717, 1.165) is 26.3 Å². The SMILES string of the molecule is C[C@@H](NC(=O)N1C(=O)[C@@]2(c3ccccc31)[C@H](C(=O)Nc1nc3ccccc3s1)[C@H]1C(=O)O[C@H](c3ccccc3)[C@H](c3ccccc3)N1[C@@H]2c1ccc(OCCO)cc1)c1ccccc1. The summed E-state index contributed by atoms with van der Waals surface area (Å²) in [5.41, 5.74) is 2.38. The van der Waals surface area contributed by atoms with Crippen LogP contribution in [0.3, 0.4) is 0 Å². The third kappa shape index (κ3) is 6.80. The van der Waals surface area contributed by atoms with E-state index in [9.17, 15) is 9.90 Å². The van der Waals surface area contributed by atoms with Crippen LogP contribution < -0.4 is 20.3 Å². The van der Waals surface area contributed by atoms with Crippen LogP contribution in [-0.4, -0.2) is 58.1 Å². The molecule has 0 radical (unpaired) electrons. The molecule has 0 unspecified atom stereocenters. The van der Waals surface area contributed by atoms with Crippen LogP contribution in [0.5, 0.6) is 5.75 Å². The fraction of sp³-hybridized carbons (Fsp3) is 0.196. The van der Waals surface area contributed by atoms with Gasteiger partial charge >= 0.3 is 12.0 Å². The number of carbonyl (C=O) groups excluding carboxylic acids is 4. The van der Waals surface area contributed by atoms with Crippen LogP contribution >= 0.6 is 11.3 Å². The van der Waals surface area contributed by atoms with Gasteiger partial charge in [0, 0.05) is 0 Å². The van der Waals surface area contributed by atoms with Gasteiger partial charge in [0.1, 0.15) is 29.9 Å². The highest BCUT2D eigenvalue weighted by Gasteiger charge is 2.75. The smallest absolute Gasteiger partial charge is 0.329 e. The number of hydrogen-bond acceptors (Lipinski definition) is 10. The maximum atomic E-state index is 16.3. The number of morpholine rings is 1. The second-order valence-corrected chi connectivity index (χ2v) is 17.2. The van der Waals surface area contributed by atoms with Crippen molar-refractivity contribution < 1.29 is 33.8 Å². The molecular formula is C51H43N5O7S. The van der Waals surface area contributed by atoms with Gasteiger partial charge in [-0.05, 0) is 65.1 Å². The summed E-state index contributed by atoms with van der Waals surface area (Å²) in [5, 5.41) is 15.9. The van der Waals surface area contributed by atoms with E-state index in [1.54, 1.807) is 36.4 Å². The Labute approximate surface area is 373 Å². The molecule has 320 valence electrons. The summed E-state index contributed by atoms with van der Waals surface area (Å²) in [6.45, 7) is 1.71. The molecule has 6 aromatic carbocycles. The zero-order valence-electron chi connectivity index (χ0n) is 34.6. The van der Waals surface area contributed by atoms with Crippen LogP contribution in [0.4, 0.5) is 15.6 Å². The Kier molecular flexibility index (Phi) is 10.7. The van der Waals surface area contributed by atoms with Gasteiger partial charge in [0.25, 0.3) is 0 Å². The average molecular weight is 870 g/mol. The topological polar surface area (TPSA) is 150 Å². The molecule has 7 aromatic rings. The highest BCUT2D eigenvalue weighted by atomic mass is 32.1. The van der Waals surface area contributed by atoms with Gasteiger partial charge in [0.05, 0.1) is 46.6 Å². The summed E-state index contributed by atoms with van der Waals surface area (Å²) >= 11 is 1.28. The first-order valence-electron chi connectivity index (χ1n) is 21.2. The Morgan fingerprint density at radius 2 is 1.42 bits per heavy atom. The van der Waals surface area contributed by atoms with Crippen molar-refractivity contribution in [3.05, 3.63) is 192 Å². The minimum absolute atomic E-state index is 0.0624. The number of benzene rings is 6. The van der Waals surface area contributed by atoms with Crippen molar-refractivity contribution in [2.24, 2.45) is 5.92 Å². The number of nitrogens with zero attached hydrogens (tertiary/aromatic N) is 3. The van der Waals surface area contributed by atoms with E-state index in [1.165, 1.54) is 11.3 Å². The van der Waals surface area contributed by atoms with Gasteiger partial charge in [0.15, 0.2) is 5.13 Å². The third-order valence-electron chi connectivity index (χ3n) is 12.6. The third-order valence-corrected chi connectivity index (χ3v) is 13.5. The summed E-state index contributed by atoms with van der Waals surface area (Å²) < 4.78 is 13.2. The minimum atomic E-state index is -1.92. The molecule has 0 bridgehead atoms. The van der Waals surface area contributed by atoms with Crippen molar-refractivity contribution in [2.75, 3.05) is 23.4 Å². The van der Waals surface area contributed by atoms with Crippen LogP contribution in [0, 0.1) is 5.92 Å². The molecule has 1 spiro atoms. The number of nitrogens with one attached hydrogen (secondary N) is 2. The number of anilines is 2. The summed E-state index contributed by atoms with van der Waals surface area (Å²) in [4.78, 5) is 70.0. The Bertz CT molecular complexity index is 2830. The fourth-order valence-corrected chi connectivity index (χ4v) is 10.8. The summed E-state index contributed by atoms with van der Waals surface area (Å²) in [6, 6.07) is 45.8. The largest absolute Gasteiger partial charge is 0.491 e. The molecule has 3 aliphatic rings. The van der Waals surface area contributed by atoms with Crippen LogP contribution in [0.15, 0.2) is 164 Å². The number of thiazole rings is 1. The second kappa shape index (κ2) is 16.8. The molecule has 10 rings (SSSR count). The molecule has 7 atom stereocenters. The van der Waals surface area contributed by atoms with Crippen molar-refractivity contribution in [1.29, 1.82) is 0 Å². The lowest BCUT2D eigenvalue weighted by Gasteiger charge is -2.46. The van der Waals surface area contributed by atoms with Crippen molar-refractivity contribution in [3.8, 4) is 5.75 Å². The van der Waals surface area contributed by atoms with Crippen LogP contribution in [0.25, 0.3) is 10.2 Å². The lowest BCUT2D eigenvalue weighted by atomic mass is 9.65. The molecule has 1 aromatic heterocycles. The van der Waals surface area contributed by atoms with Gasteiger partial charge in [0.2, 0.25) is 11.8 Å². The number of hydrogen-bond donors (Lipinski definition) is 3. The number of aliphatic hydroxyl groups excluding tert-OH is 1. The molecule has 3 N–H and O–H groups in total. The van der Waals surface area contributed by atoms with Gasteiger partial charge in [-0.2, -0.15) is 0 Å². The Balaban J connectivity index is 1.22. The van der Waals surface area contributed by atoms with Crippen LogP contribution in [0.2, 0.25) is 0 Å². The van der Waals surface area contributed by atoms with E-state index in [-0.39, 0.29) is 18.3 Å². The lowest BCUT2D eigenvalue weighted by Crippen LogP contribution is -2.55. The zero-order valence-corrected chi connectivity index (χ0v) is 35.4. The van der Waals surface area contributed by atoms with Crippen LogP contribution in [0.1, 0.15) is 59.0 Å². The molecule has 2 fully saturated rings. The molecule has 3 aliphatic heterocycles. The molecule has 64 heavy (non-hydrogen) atoms. The molecule has 0 aliphatic carbocycles. The van der Waals surface area contributed by atoms with Crippen molar-refractivity contribution in [3.63, 3.8) is 0 Å². The van der Waals surface area contributed by atoms with Gasteiger partial charge < -0.3 is 25.2 Å². The Morgan fingerprint density at radius 1 is 0.781 bits per heavy atom. The highest BCUT2D eigenvalue weighted by molar-refractivity contribution is 7.22. The molecule has 13 heteroatoms.